The van der Waals surface area contributed by atoms with Gasteiger partial charge in [-0.2, -0.15) is 0 Å². The highest BCUT2D eigenvalue weighted by atomic mass is 16.5. The minimum Gasteiger partial charge on any atom is -0.462 e. The van der Waals surface area contributed by atoms with E-state index in [0.717, 1.165) is 6.42 Å². The number of hydrogen-bond donors (Lipinski definition) is 1. The molecule has 0 aliphatic carbocycles. The normalized spacial score (nSPS) is 10.6. The number of aromatic nitrogens is 2. The quantitative estimate of drug-likeness (QED) is 0.678. The zero-order valence-electron chi connectivity index (χ0n) is 14.8. The molecule has 0 fully saturated rings. The summed E-state index contributed by atoms with van der Waals surface area (Å²) in [5.41, 5.74) is 1.25. The van der Waals surface area contributed by atoms with Gasteiger partial charge in [0.15, 0.2) is 0 Å². The molecule has 3 aromatic rings. The lowest BCUT2D eigenvalue weighted by Gasteiger charge is -2.09. The number of para-hydroxylation sites is 1. The van der Waals surface area contributed by atoms with Crippen LogP contribution < -0.4 is 10.9 Å². The first-order valence-electron chi connectivity index (χ1n) is 8.59. The maximum atomic E-state index is 12.4. The minimum atomic E-state index is -0.400. The molecule has 0 atom stereocenters. The third-order valence-corrected chi connectivity index (χ3v) is 3.89. The van der Waals surface area contributed by atoms with Crippen LogP contribution in [-0.4, -0.2) is 28.0 Å². The van der Waals surface area contributed by atoms with Crippen LogP contribution in [0.4, 0.5) is 5.69 Å². The molecule has 1 heterocycles. The lowest BCUT2D eigenvalue weighted by Crippen LogP contribution is -2.27. The molecule has 2 aromatic carbocycles. The maximum Gasteiger partial charge on any atom is 0.338 e. The monoisotopic (exact) mass is 365 g/mol. The first-order chi connectivity index (χ1) is 13.1. The van der Waals surface area contributed by atoms with Crippen molar-refractivity contribution in [3.05, 3.63) is 70.8 Å². The van der Waals surface area contributed by atoms with Crippen molar-refractivity contribution in [1.82, 2.24) is 9.55 Å². The summed E-state index contributed by atoms with van der Waals surface area (Å²) in [6.07, 6.45) is 2.11. The molecule has 0 aliphatic heterocycles. The predicted molar refractivity (Wildman–Crippen MR) is 102 cm³/mol. The Bertz CT molecular complexity index is 1030. The molecule has 0 bridgehead atoms. The molecule has 0 radical (unpaired) electrons. The van der Waals surface area contributed by atoms with E-state index in [1.54, 1.807) is 48.5 Å². The molecular weight excluding hydrogens is 346 g/mol. The van der Waals surface area contributed by atoms with E-state index in [4.69, 9.17) is 4.74 Å². The summed E-state index contributed by atoms with van der Waals surface area (Å²) in [6.45, 7) is 2.13. The Balaban J connectivity index is 1.67. The lowest BCUT2D eigenvalue weighted by molar-refractivity contribution is -0.116. The zero-order valence-corrected chi connectivity index (χ0v) is 14.8. The Morgan fingerprint density at radius 1 is 1.11 bits per heavy atom. The summed E-state index contributed by atoms with van der Waals surface area (Å²) < 4.78 is 6.31. The number of amides is 1. The summed E-state index contributed by atoms with van der Waals surface area (Å²) in [5, 5.41) is 3.16. The van der Waals surface area contributed by atoms with E-state index < -0.39 is 5.97 Å². The van der Waals surface area contributed by atoms with Gasteiger partial charge >= 0.3 is 5.97 Å². The second kappa shape index (κ2) is 8.27. The number of benzene rings is 2. The van der Waals surface area contributed by atoms with E-state index in [-0.39, 0.29) is 18.0 Å². The number of nitrogens with one attached hydrogen (secondary N) is 1. The fraction of sp³-hybridized carbons (Fsp3) is 0.200. The molecule has 1 amide bonds. The molecule has 138 valence electrons. The van der Waals surface area contributed by atoms with Gasteiger partial charge in [-0.1, -0.05) is 19.1 Å². The standard InChI is InChI=1S/C20H19N3O4/c1-2-11-27-20(26)14-7-9-15(10-8-14)22-18(24)12-23-13-21-17-6-4-3-5-16(17)19(23)25/h3-10,13H,2,11-12H2,1H3,(H,22,24). The molecule has 3 rings (SSSR count). The molecule has 1 aromatic heterocycles. The minimum absolute atomic E-state index is 0.156. The van der Waals surface area contributed by atoms with E-state index in [1.807, 2.05) is 6.92 Å². The van der Waals surface area contributed by atoms with Crippen molar-refractivity contribution in [3.8, 4) is 0 Å². The Morgan fingerprint density at radius 2 is 1.85 bits per heavy atom. The van der Waals surface area contributed by atoms with Crippen LogP contribution in [-0.2, 0) is 16.1 Å². The summed E-state index contributed by atoms with van der Waals surface area (Å²) in [4.78, 5) is 40.6. The molecule has 1 N–H and O–H groups in total. The van der Waals surface area contributed by atoms with Gasteiger partial charge in [-0.25, -0.2) is 9.78 Å². The van der Waals surface area contributed by atoms with Crippen LogP contribution in [0.15, 0.2) is 59.7 Å². The third kappa shape index (κ3) is 4.38. The second-order valence-corrected chi connectivity index (χ2v) is 5.96. The summed E-state index contributed by atoms with van der Waals surface area (Å²) in [7, 11) is 0. The average Bonchev–Trinajstić information content (AvgIpc) is 2.69. The third-order valence-electron chi connectivity index (χ3n) is 3.89. The van der Waals surface area contributed by atoms with Crippen molar-refractivity contribution >= 4 is 28.5 Å². The van der Waals surface area contributed by atoms with Gasteiger partial charge in [0.2, 0.25) is 5.91 Å². The van der Waals surface area contributed by atoms with Crippen LogP contribution in [0, 0.1) is 0 Å². The Kier molecular flexibility index (Phi) is 5.61. The fourth-order valence-corrected chi connectivity index (χ4v) is 2.54. The van der Waals surface area contributed by atoms with Gasteiger partial charge in [-0.3, -0.25) is 14.2 Å². The van der Waals surface area contributed by atoms with Crippen LogP contribution >= 0.6 is 0 Å². The van der Waals surface area contributed by atoms with E-state index in [1.165, 1.54) is 10.9 Å². The Labute approximate surface area is 155 Å². The highest BCUT2D eigenvalue weighted by Crippen LogP contribution is 2.11. The highest BCUT2D eigenvalue weighted by molar-refractivity contribution is 5.93. The number of ether oxygens (including phenoxy) is 1. The zero-order chi connectivity index (χ0) is 19.2. The molecule has 0 saturated heterocycles. The molecule has 7 heteroatoms. The van der Waals surface area contributed by atoms with Gasteiger partial charge in [0.1, 0.15) is 6.54 Å². The number of esters is 1. The van der Waals surface area contributed by atoms with Crippen molar-refractivity contribution < 1.29 is 14.3 Å². The van der Waals surface area contributed by atoms with Gasteiger partial charge in [-0.15, -0.1) is 0 Å². The van der Waals surface area contributed by atoms with Crippen molar-refractivity contribution in [2.24, 2.45) is 0 Å². The first kappa shape index (κ1) is 18.3. The Morgan fingerprint density at radius 3 is 2.59 bits per heavy atom. The van der Waals surface area contributed by atoms with Crippen molar-refractivity contribution in [3.63, 3.8) is 0 Å². The molecule has 27 heavy (non-hydrogen) atoms. The van der Waals surface area contributed by atoms with Crippen LogP contribution in [0.25, 0.3) is 10.9 Å². The van der Waals surface area contributed by atoms with Crippen molar-refractivity contribution in [1.29, 1.82) is 0 Å². The maximum absolute atomic E-state index is 12.4. The van der Waals surface area contributed by atoms with Gasteiger partial charge < -0.3 is 10.1 Å². The number of hydrogen-bond acceptors (Lipinski definition) is 5. The van der Waals surface area contributed by atoms with Gasteiger partial charge in [0.05, 0.1) is 29.4 Å². The molecule has 0 spiro atoms. The highest BCUT2D eigenvalue weighted by Gasteiger charge is 2.10. The van der Waals surface area contributed by atoms with Gasteiger partial charge in [0.25, 0.3) is 5.56 Å². The molecule has 0 unspecified atom stereocenters. The Hall–Kier alpha value is -3.48. The number of carbonyl (C=O) groups excluding carboxylic acids is 2. The smallest absolute Gasteiger partial charge is 0.338 e. The van der Waals surface area contributed by atoms with Gasteiger partial charge in [0, 0.05) is 5.69 Å². The number of fused-ring (bicyclic) bond motifs is 1. The number of anilines is 1. The predicted octanol–water partition coefficient (Wildman–Crippen LogP) is 2.60. The van der Waals surface area contributed by atoms with Crippen LogP contribution in [0.2, 0.25) is 0 Å². The van der Waals surface area contributed by atoms with Crippen molar-refractivity contribution in [2.45, 2.75) is 19.9 Å². The average molecular weight is 365 g/mol. The van der Waals surface area contributed by atoms with Crippen LogP contribution in [0.3, 0.4) is 0 Å². The number of nitrogens with zero attached hydrogens (tertiary/aromatic N) is 2. The number of rotatable bonds is 6. The van der Waals surface area contributed by atoms with E-state index in [0.29, 0.717) is 28.8 Å². The lowest BCUT2D eigenvalue weighted by atomic mass is 10.2. The summed E-state index contributed by atoms with van der Waals surface area (Å²) >= 11 is 0. The SMILES string of the molecule is CCCOC(=O)c1ccc(NC(=O)Cn2cnc3ccccc3c2=O)cc1. The van der Waals surface area contributed by atoms with Crippen LogP contribution in [0.1, 0.15) is 23.7 Å². The largest absolute Gasteiger partial charge is 0.462 e. The van der Waals surface area contributed by atoms with E-state index in [2.05, 4.69) is 10.3 Å². The summed E-state index contributed by atoms with van der Waals surface area (Å²) in [5.74, 6) is -0.765. The fourth-order valence-electron chi connectivity index (χ4n) is 2.54. The second-order valence-electron chi connectivity index (χ2n) is 5.96. The molecular formula is C20H19N3O4. The molecule has 0 aliphatic rings. The summed E-state index contributed by atoms with van der Waals surface area (Å²) in [6, 6.07) is 13.4. The molecule has 7 nitrogen and oxygen atoms in total. The van der Waals surface area contributed by atoms with E-state index in [9.17, 15) is 14.4 Å². The van der Waals surface area contributed by atoms with Crippen molar-refractivity contribution in [2.75, 3.05) is 11.9 Å². The van der Waals surface area contributed by atoms with E-state index >= 15 is 0 Å². The first-order valence-corrected chi connectivity index (χ1v) is 8.59. The number of carbonyl (C=O) groups is 2. The van der Waals surface area contributed by atoms with Crippen LogP contribution in [0.5, 0.6) is 0 Å². The van der Waals surface area contributed by atoms with Gasteiger partial charge in [-0.05, 0) is 42.8 Å². The topological polar surface area (TPSA) is 90.3 Å². The molecule has 0 saturated carbocycles.